The second-order valence-corrected chi connectivity index (χ2v) is 5.02. The molecule has 0 amide bonds. The van der Waals surface area contributed by atoms with Crippen molar-refractivity contribution in [3.63, 3.8) is 0 Å². The van der Waals surface area contributed by atoms with Gasteiger partial charge in [-0.1, -0.05) is 11.6 Å². The molecule has 2 heterocycles. The van der Waals surface area contributed by atoms with E-state index in [9.17, 15) is 4.79 Å². The van der Waals surface area contributed by atoms with Crippen molar-refractivity contribution in [2.75, 3.05) is 24.6 Å². The number of hydrogen-bond donors (Lipinski definition) is 0. The molecule has 6 heteroatoms. The van der Waals surface area contributed by atoms with Crippen LogP contribution in [0.4, 0.5) is 5.82 Å². The van der Waals surface area contributed by atoms with Crippen molar-refractivity contribution >= 4 is 23.4 Å². The largest absolute Gasteiger partial charge is 0.466 e. The Bertz CT molecular complexity index is 542. The number of piperidine rings is 1. The van der Waals surface area contributed by atoms with Gasteiger partial charge in [0.25, 0.3) is 0 Å². The van der Waals surface area contributed by atoms with Crippen LogP contribution in [0.25, 0.3) is 0 Å². The number of hydrogen-bond acceptors (Lipinski definition) is 5. The van der Waals surface area contributed by atoms with E-state index in [0.29, 0.717) is 29.6 Å². The van der Waals surface area contributed by atoms with E-state index in [4.69, 9.17) is 21.6 Å². The molecule has 20 heavy (non-hydrogen) atoms. The van der Waals surface area contributed by atoms with Gasteiger partial charge < -0.3 is 9.64 Å². The average molecular weight is 294 g/mol. The summed E-state index contributed by atoms with van der Waals surface area (Å²) in [5, 5.41) is 9.34. The van der Waals surface area contributed by atoms with E-state index in [1.165, 1.54) is 0 Å². The summed E-state index contributed by atoms with van der Waals surface area (Å²) in [7, 11) is 0. The number of rotatable bonds is 3. The number of aromatic nitrogens is 1. The summed E-state index contributed by atoms with van der Waals surface area (Å²) in [6.45, 7) is 3.49. The minimum Gasteiger partial charge on any atom is -0.466 e. The van der Waals surface area contributed by atoms with Gasteiger partial charge in [0.05, 0.1) is 18.1 Å². The molecule has 1 aliphatic heterocycles. The van der Waals surface area contributed by atoms with Crippen molar-refractivity contribution in [3.05, 3.63) is 22.8 Å². The molecule has 1 saturated heterocycles. The van der Waals surface area contributed by atoms with E-state index in [1.807, 2.05) is 11.0 Å². The Hall–Kier alpha value is -1.80. The highest BCUT2D eigenvalue weighted by atomic mass is 35.5. The first-order valence-corrected chi connectivity index (χ1v) is 7.01. The zero-order chi connectivity index (χ0) is 14.5. The Kier molecular flexibility index (Phi) is 4.80. The van der Waals surface area contributed by atoms with Crippen LogP contribution < -0.4 is 4.90 Å². The number of esters is 1. The number of nitrogens with zero attached hydrogens (tertiary/aromatic N) is 3. The Balaban J connectivity index is 2.17. The predicted octanol–water partition coefficient (Wildman–Crippen LogP) is 2.39. The van der Waals surface area contributed by atoms with E-state index in [0.717, 1.165) is 19.4 Å². The third kappa shape index (κ3) is 3.02. The molecule has 1 aliphatic rings. The lowest BCUT2D eigenvalue weighted by molar-refractivity contribution is -0.148. The maximum atomic E-state index is 11.8. The summed E-state index contributed by atoms with van der Waals surface area (Å²) in [6.07, 6.45) is 3.25. The van der Waals surface area contributed by atoms with Crippen molar-refractivity contribution in [3.8, 4) is 6.07 Å². The lowest BCUT2D eigenvalue weighted by Gasteiger charge is -2.32. The van der Waals surface area contributed by atoms with Crippen molar-refractivity contribution in [2.24, 2.45) is 5.92 Å². The third-order valence-corrected chi connectivity index (χ3v) is 3.70. The monoisotopic (exact) mass is 293 g/mol. The normalized spacial score (nSPS) is 18.4. The molecule has 1 fully saturated rings. The van der Waals surface area contributed by atoms with Crippen LogP contribution in [0, 0.1) is 17.2 Å². The van der Waals surface area contributed by atoms with Gasteiger partial charge >= 0.3 is 5.97 Å². The molecule has 1 atom stereocenters. The fraction of sp³-hybridized carbons (Fsp3) is 0.500. The number of pyridine rings is 1. The van der Waals surface area contributed by atoms with Crippen molar-refractivity contribution in [1.82, 2.24) is 4.98 Å². The fourth-order valence-corrected chi connectivity index (χ4v) is 2.64. The molecule has 0 N–H and O–H groups in total. The molecule has 0 spiro atoms. The summed E-state index contributed by atoms with van der Waals surface area (Å²) in [6, 6.07) is 3.62. The Morgan fingerprint density at radius 3 is 3.20 bits per heavy atom. The second kappa shape index (κ2) is 6.58. The summed E-state index contributed by atoms with van der Waals surface area (Å²) >= 11 is 6.19. The molecule has 0 radical (unpaired) electrons. The van der Waals surface area contributed by atoms with Gasteiger partial charge in [-0.15, -0.1) is 0 Å². The van der Waals surface area contributed by atoms with Crippen LogP contribution in [0.15, 0.2) is 12.3 Å². The van der Waals surface area contributed by atoms with Crippen LogP contribution in [0.3, 0.4) is 0 Å². The quantitative estimate of drug-likeness (QED) is 0.801. The lowest BCUT2D eigenvalue weighted by Crippen LogP contribution is -2.40. The molecule has 0 bridgehead atoms. The van der Waals surface area contributed by atoms with E-state index in [-0.39, 0.29) is 11.9 Å². The zero-order valence-electron chi connectivity index (χ0n) is 11.3. The van der Waals surface area contributed by atoms with Crippen LogP contribution >= 0.6 is 11.6 Å². The first-order chi connectivity index (χ1) is 9.67. The molecule has 2 rings (SSSR count). The molecule has 0 saturated carbocycles. The highest BCUT2D eigenvalue weighted by Gasteiger charge is 2.28. The zero-order valence-corrected chi connectivity index (χ0v) is 12.1. The topological polar surface area (TPSA) is 66.2 Å². The van der Waals surface area contributed by atoms with Gasteiger partial charge in [0.15, 0.2) is 0 Å². The molecule has 0 aliphatic carbocycles. The van der Waals surface area contributed by atoms with Crippen molar-refractivity contribution in [1.29, 1.82) is 5.26 Å². The summed E-state index contributed by atoms with van der Waals surface area (Å²) in [4.78, 5) is 18.0. The maximum Gasteiger partial charge on any atom is 0.310 e. The number of ether oxygens (including phenoxy) is 1. The van der Waals surface area contributed by atoms with Crippen LogP contribution in [0.5, 0.6) is 0 Å². The van der Waals surface area contributed by atoms with Gasteiger partial charge in [0, 0.05) is 19.3 Å². The molecule has 1 unspecified atom stereocenters. The first kappa shape index (κ1) is 14.6. The van der Waals surface area contributed by atoms with Gasteiger partial charge in [0.2, 0.25) is 0 Å². The molecule has 5 nitrogen and oxygen atoms in total. The third-order valence-electron chi connectivity index (χ3n) is 3.33. The van der Waals surface area contributed by atoms with Crippen LogP contribution in [-0.2, 0) is 9.53 Å². The summed E-state index contributed by atoms with van der Waals surface area (Å²) in [5.41, 5.74) is 0.398. The predicted molar refractivity (Wildman–Crippen MR) is 75.5 cm³/mol. The van der Waals surface area contributed by atoms with Gasteiger partial charge in [-0.2, -0.15) is 5.26 Å². The van der Waals surface area contributed by atoms with Crippen molar-refractivity contribution < 1.29 is 9.53 Å². The standard InChI is InChI=1S/C14H16ClN3O2/c1-2-20-14(19)11-4-3-7-18(9-11)13-12(15)10(8-16)5-6-17-13/h5-6,11H,2-4,7,9H2,1H3. The first-order valence-electron chi connectivity index (χ1n) is 6.63. The Labute approximate surface area is 123 Å². The molecule has 0 aromatic carbocycles. The number of anilines is 1. The number of carbonyl (C=O) groups excluding carboxylic acids is 1. The second-order valence-electron chi connectivity index (χ2n) is 4.65. The van der Waals surface area contributed by atoms with Gasteiger partial charge in [-0.3, -0.25) is 4.79 Å². The minimum absolute atomic E-state index is 0.160. The summed E-state index contributed by atoms with van der Waals surface area (Å²) in [5.74, 6) is 0.233. The van der Waals surface area contributed by atoms with E-state index in [1.54, 1.807) is 19.2 Å². The smallest absolute Gasteiger partial charge is 0.310 e. The van der Waals surface area contributed by atoms with E-state index < -0.39 is 0 Å². The van der Waals surface area contributed by atoms with Gasteiger partial charge in [-0.25, -0.2) is 4.98 Å². The number of carbonyl (C=O) groups is 1. The fourth-order valence-electron chi connectivity index (χ4n) is 2.36. The Morgan fingerprint density at radius 1 is 1.70 bits per heavy atom. The average Bonchev–Trinajstić information content (AvgIpc) is 2.48. The van der Waals surface area contributed by atoms with Crippen LogP contribution in [0.1, 0.15) is 25.3 Å². The highest BCUT2D eigenvalue weighted by Crippen LogP contribution is 2.30. The molecular weight excluding hydrogens is 278 g/mol. The van der Waals surface area contributed by atoms with Gasteiger partial charge in [0.1, 0.15) is 16.9 Å². The van der Waals surface area contributed by atoms with E-state index >= 15 is 0 Å². The SMILES string of the molecule is CCOC(=O)C1CCCN(c2nccc(C#N)c2Cl)C1. The molecular formula is C14H16ClN3O2. The number of halogens is 1. The number of nitriles is 1. The van der Waals surface area contributed by atoms with Crippen LogP contribution in [0.2, 0.25) is 5.02 Å². The van der Waals surface area contributed by atoms with E-state index in [2.05, 4.69) is 4.98 Å². The molecule has 1 aromatic rings. The summed E-state index contributed by atoms with van der Waals surface area (Å²) < 4.78 is 5.07. The minimum atomic E-state index is -0.176. The molecule has 1 aromatic heterocycles. The highest BCUT2D eigenvalue weighted by molar-refractivity contribution is 6.34. The van der Waals surface area contributed by atoms with Crippen LogP contribution in [-0.4, -0.2) is 30.6 Å². The van der Waals surface area contributed by atoms with Crippen molar-refractivity contribution in [2.45, 2.75) is 19.8 Å². The lowest BCUT2D eigenvalue weighted by atomic mass is 9.98. The molecule has 106 valence electrons. The maximum absolute atomic E-state index is 11.8. The Morgan fingerprint density at radius 2 is 2.50 bits per heavy atom. The van der Waals surface area contributed by atoms with Gasteiger partial charge in [-0.05, 0) is 25.8 Å².